The highest BCUT2D eigenvalue weighted by molar-refractivity contribution is 4.97. The molecule has 1 aliphatic rings. The standard InChI is InChI=1S/C11H18N4/c1-2-10(3-6-12-5-1)14-8-11-4-7-13-9-15-11/h4,7,9-10,12,14H,1-3,5-6,8H2. The van der Waals surface area contributed by atoms with Crippen molar-refractivity contribution in [3.63, 3.8) is 0 Å². The Bertz CT molecular complexity index is 267. The Morgan fingerprint density at radius 1 is 1.40 bits per heavy atom. The van der Waals surface area contributed by atoms with Crippen LogP contribution in [0.5, 0.6) is 0 Å². The number of aromatic nitrogens is 2. The molecule has 1 fully saturated rings. The first-order valence-corrected chi connectivity index (χ1v) is 5.64. The van der Waals surface area contributed by atoms with E-state index in [-0.39, 0.29) is 0 Å². The van der Waals surface area contributed by atoms with E-state index in [1.54, 1.807) is 12.5 Å². The van der Waals surface area contributed by atoms with E-state index in [9.17, 15) is 0 Å². The lowest BCUT2D eigenvalue weighted by Gasteiger charge is -2.15. The second kappa shape index (κ2) is 5.78. The van der Waals surface area contributed by atoms with Crippen molar-refractivity contribution in [1.82, 2.24) is 20.6 Å². The van der Waals surface area contributed by atoms with Gasteiger partial charge in [-0.05, 0) is 38.4 Å². The molecule has 0 radical (unpaired) electrons. The molecule has 2 heterocycles. The van der Waals surface area contributed by atoms with Crippen LogP contribution in [0.1, 0.15) is 25.0 Å². The van der Waals surface area contributed by atoms with Crippen molar-refractivity contribution in [2.24, 2.45) is 0 Å². The monoisotopic (exact) mass is 206 g/mol. The Morgan fingerprint density at radius 2 is 2.40 bits per heavy atom. The third-order valence-corrected chi connectivity index (χ3v) is 2.79. The third kappa shape index (κ3) is 3.57. The van der Waals surface area contributed by atoms with E-state index in [0.717, 1.165) is 25.3 Å². The lowest BCUT2D eigenvalue weighted by molar-refractivity contribution is 0.465. The Morgan fingerprint density at radius 3 is 3.27 bits per heavy atom. The average molecular weight is 206 g/mol. The fraction of sp³-hybridized carbons (Fsp3) is 0.636. The molecule has 1 aliphatic heterocycles. The lowest BCUT2D eigenvalue weighted by atomic mass is 10.1. The van der Waals surface area contributed by atoms with E-state index in [2.05, 4.69) is 20.6 Å². The summed E-state index contributed by atoms with van der Waals surface area (Å²) in [6.07, 6.45) is 7.13. The van der Waals surface area contributed by atoms with Crippen LogP contribution in [-0.4, -0.2) is 29.1 Å². The van der Waals surface area contributed by atoms with Crippen LogP contribution >= 0.6 is 0 Å². The van der Waals surface area contributed by atoms with Gasteiger partial charge < -0.3 is 10.6 Å². The molecule has 2 rings (SSSR count). The zero-order valence-corrected chi connectivity index (χ0v) is 8.95. The van der Waals surface area contributed by atoms with Crippen LogP contribution in [-0.2, 0) is 6.54 Å². The predicted octanol–water partition coefficient (Wildman–Crippen LogP) is 0.708. The molecule has 1 saturated heterocycles. The lowest BCUT2D eigenvalue weighted by Crippen LogP contribution is -2.29. The molecule has 4 heteroatoms. The molecule has 0 aliphatic carbocycles. The molecule has 0 spiro atoms. The summed E-state index contributed by atoms with van der Waals surface area (Å²) < 4.78 is 0. The molecular formula is C11H18N4. The predicted molar refractivity (Wildman–Crippen MR) is 59.4 cm³/mol. The summed E-state index contributed by atoms with van der Waals surface area (Å²) in [4.78, 5) is 8.10. The summed E-state index contributed by atoms with van der Waals surface area (Å²) >= 11 is 0. The van der Waals surface area contributed by atoms with Crippen molar-refractivity contribution in [3.8, 4) is 0 Å². The SMILES string of the molecule is c1cc(CNC2CCCNCC2)ncn1. The third-order valence-electron chi connectivity index (χ3n) is 2.79. The number of hydrogen-bond acceptors (Lipinski definition) is 4. The Kier molecular flexibility index (Phi) is 4.05. The second-order valence-corrected chi connectivity index (χ2v) is 3.96. The van der Waals surface area contributed by atoms with Crippen molar-refractivity contribution in [2.75, 3.05) is 13.1 Å². The highest BCUT2D eigenvalue weighted by Gasteiger charge is 2.10. The van der Waals surface area contributed by atoms with Crippen molar-refractivity contribution in [3.05, 3.63) is 24.3 Å². The molecule has 1 aromatic heterocycles. The van der Waals surface area contributed by atoms with Gasteiger partial charge in [0.05, 0.1) is 5.69 Å². The van der Waals surface area contributed by atoms with E-state index in [0.29, 0.717) is 6.04 Å². The zero-order valence-electron chi connectivity index (χ0n) is 8.95. The van der Waals surface area contributed by atoms with Crippen LogP contribution in [0.15, 0.2) is 18.6 Å². The number of nitrogens with zero attached hydrogens (tertiary/aromatic N) is 2. The van der Waals surface area contributed by atoms with Gasteiger partial charge in [-0.3, -0.25) is 0 Å². The maximum absolute atomic E-state index is 4.20. The van der Waals surface area contributed by atoms with Crippen molar-refractivity contribution in [1.29, 1.82) is 0 Å². The van der Waals surface area contributed by atoms with Crippen LogP contribution in [0.4, 0.5) is 0 Å². The molecule has 0 bridgehead atoms. The smallest absolute Gasteiger partial charge is 0.115 e. The van der Waals surface area contributed by atoms with Crippen LogP contribution in [0.25, 0.3) is 0 Å². The minimum absolute atomic E-state index is 0.634. The highest BCUT2D eigenvalue weighted by atomic mass is 15.0. The van der Waals surface area contributed by atoms with Crippen LogP contribution in [0.3, 0.4) is 0 Å². The molecular weight excluding hydrogens is 188 g/mol. The van der Waals surface area contributed by atoms with Gasteiger partial charge in [-0.15, -0.1) is 0 Å². The molecule has 1 aromatic rings. The van der Waals surface area contributed by atoms with Gasteiger partial charge in [0.15, 0.2) is 0 Å². The highest BCUT2D eigenvalue weighted by Crippen LogP contribution is 2.05. The van der Waals surface area contributed by atoms with Crippen LogP contribution < -0.4 is 10.6 Å². The van der Waals surface area contributed by atoms with E-state index < -0.39 is 0 Å². The summed E-state index contributed by atoms with van der Waals surface area (Å²) in [7, 11) is 0. The first-order valence-electron chi connectivity index (χ1n) is 5.64. The normalized spacial score (nSPS) is 22.3. The molecule has 1 unspecified atom stereocenters. The maximum Gasteiger partial charge on any atom is 0.115 e. The van der Waals surface area contributed by atoms with Gasteiger partial charge in [-0.25, -0.2) is 9.97 Å². The van der Waals surface area contributed by atoms with Crippen LogP contribution in [0.2, 0.25) is 0 Å². The number of hydrogen-bond donors (Lipinski definition) is 2. The van der Waals surface area contributed by atoms with Crippen molar-refractivity contribution < 1.29 is 0 Å². The van der Waals surface area contributed by atoms with E-state index >= 15 is 0 Å². The minimum Gasteiger partial charge on any atom is -0.317 e. The Hall–Kier alpha value is -1.00. The molecule has 2 N–H and O–H groups in total. The van der Waals surface area contributed by atoms with Gasteiger partial charge in [0.2, 0.25) is 0 Å². The Labute approximate surface area is 90.5 Å². The summed E-state index contributed by atoms with van der Waals surface area (Å²) in [5.41, 5.74) is 1.07. The Balaban J connectivity index is 1.77. The fourth-order valence-corrected chi connectivity index (χ4v) is 1.89. The van der Waals surface area contributed by atoms with E-state index in [1.807, 2.05) is 6.07 Å². The number of nitrogens with one attached hydrogen (secondary N) is 2. The molecule has 82 valence electrons. The molecule has 4 nitrogen and oxygen atoms in total. The van der Waals surface area contributed by atoms with Gasteiger partial charge in [0.1, 0.15) is 6.33 Å². The summed E-state index contributed by atoms with van der Waals surface area (Å²) in [5.74, 6) is 0. The minimum atomic E-state index is 0.634. The second-order valence-electron chi connectivity index (χ2n) is 3.96. The number of rotatable bonds is 3. The molecule has 0 amide bonds. The summed E-state index contributed by atoms with van der Waals surface area (Å²) in [6.45, 7) is 3.14. The first-order chi connectivity index (χ1) is 7.45. The van der Waals surface area contributed by atoms with E-state index in [4.69, 9.17) is 0 Å². The van der Waals surface area contributed by atoms with Crippen molar-refractivity contribution >= 4 is 0 Å². The average Bonchev–Trinajstić information content (AvgIpc) is 2.56. The quantitative estimate of drug-likeness (QED) is 0.764. The molecule has 1 atom stereocenters. The van der Waals surface area contributed by atoms with E-state index in [1.165, 1.54) is 19.3 Å². The van der Waals surface area contributed by atoms with Crippen molar-refractivity contribution in [2.45, 2.75) is 31.8 Å². The maximum atomic E-state index is 4.20. The fourth-order valence-electron chi connectivity index (χ4n) is 1.89. The topological polar surface area (TPSA) is 49.8 Å². The molecule has 0 saturated carbocycles. The van der Waals surface area contributed by atoms with Crippen LogP contribution in [0, 0.1) is 0 Å². The summed E-state index contributed by atoms with van der Waals surface area (Å²) in [6, 6.07) is 2.59. The van der Waals surface area contributed by atoms with Gasteiger partial charge >= 0.3 is 0 Å². The van der Waals surface area contributed by atoms with Gasteiger partial charge in [0.25, 0.3) is 0 Å². The first kappa shape index (κ1) is 10.5. The molecule has 15 heavy (non-hydrogen) atoms. The molecule has 0 aromatic carbocycles. The van der Waals surface area contributed by atoms with Gasteiger partial charge in [0, 0.05) is 18.8 Å². The zero-order chi connectivity index (χ0) is 10.3. The largest absolute Gasteiger partial charge is 0.317 e. The van der Waals surface area contributed by atoms with Gasteiger partial charge in [-0.2, -0.15) is 0 Å². The van der Waals surface area contributed by atoms with Gasteiger partial charge in [-0.1, -0.05) is 0 Å². The summed E-state index contributed by atoms with van der Waals surface area (Å²) in [5, 5.41) is 6.96.